The molecule has 0 bridgehead atoms. The van der Waals surface area contributed by atoms with Crippen LogP contribution in [0.3, 0.4) is 0 Å². The minimum absolute atomic E-state index is 0.0456. The van der Waals surface area contributed by atoms with Crippen LogP contribution in [0.15, 0.2) is 70.5 Å². The van der Waals surface area contributed by atoms with Crippen LogP contribution in [0.5, 0.6) is 0 Å². The first-order valence-corrected chi connectivity index (χ1v) is 11.1. The van der Waals surface area contributed by atoms with E-state index in [0.717, 1.165) is 18.4 Å². The predicted molar refractivity (Wildman–Crippen MR) is 125 cm³/mol. The molecule has 4 aromatic rings. The van der Waals surface area contributed by atoms with Crippen molar-refractivity contribution in [1.82, 2.24) is 14.1 Å². The van der Waals surface area contributed by atoms with Gasteiger partial charge in [-0.15, -0.1) is 0 Å². The highest BCUT2D eigenvalue weighted by Crippen LogP contribution is 2.37. The van der Waals surface area contributed by atoms with Gasteiger partial charge in [0, 0.05) is 18.4 Å². The first-order chi connectivity index (χ1) is 15.0. The summed E-state index contributed by atoms with van der Waals surface area (Å²) in [5.41, 5.74) is 2.16. The predicted octanol–water partition coefficient (Wildman–Crippen LogP) is 4.76. The monoisotopic (exact) mass is 413 g/mol. The Kier molecular flexibility index (Phi) is 4.97. The molecule has 0 saturated heterocycles. The van der Waals surface area contributed by atoms with Crippen LogP contribution < -0.4 is 11.1 Å². The fourth-order valence-corrected chi connectivity index (χ4v) is 4.99. The molecule has 5 heteroatoms. The van der Waals surface area contributed by atoms with Crippen molar-refractivity contribution in [2.45, 2.75) is 45.7 Å². The van der Waals surface area contributed by atoms with E-state index in [1.165, 1.54) is 6.42 Å². The van der Waals surface area contributed by atoms with Crippen LogP contribution in [0.4, 0.5) is 0 Å². The summed E-state index contributed by atoms with van der Waals surface area (Å²) >= 11 is 0. The van der Waals surface area contributed by atoms with Gasteiger partial charge in [-0.05, 0) is 42.0 Å². The Hall–Kier alpha value is -3.21. The molecule has 1 fully saturated rings. The molecule has 3 heterocycles. The Bertz CT molecular complexity index is 1370. The zero-order chi connectivity index (χ0) is 21.5. The van der Waals surface area contributed by atoms with Crippen LogP contribution in [-0.4, -0.2) is 14.1 Å². The highest BCUT2D eigenvalue weighted by atomic mass is 16.1. The minimum Gasteiger partial charge on any atom is -0.312 e. The summed E-state index contributed by atoms with van der Waals surface area (Å²) in [4.78, 5) is 31.2. The van der Waals surface area contributed by atoms with E-state index in [-0.39, 0.29) is 17.2 Å². The molecule has 0 amide bonds. The van der Waals surface area contributed by atoms with Crippen molar-refractivity contribution in [3.63, 3.8) is 0 Å². The Labute approximate surface area is 181 Å². The zero-order valence-corrected chi connectivity index (χ0v) is 18.0. The van der Waals surface area contributed by atoms with Gasteiger partial charge in [0.1, 0.15) is 0 Å². The average molecular weight is 414 g/mol. The first-order valence-electron chi connectivity index (χ1n) is 11.1. The minimum atomic E-state index is -0.120. The molecule has 0 radical (unpaired) electrons. The summed E-state index contributed by atoms with van der Waals surface area (Å²) in [6.07, 6.45) is 7.04. The molecular formula is C26H27N3O2. The summed E-state index contributed by atoms with van der Waals surface area (Å²) in [5.74, 6) is 1.04. The standard InChI is InChI=1S/C26H27N3O2/c1-17-7-6-10-24(18(17)2)29-14-12-23-21(26(29)31)15-20-22(27-23)11-13-28(25(20)30)16-19-8-4-3-5-9-19/h3-5,8-9,11-15,17-18,24H,6-7,10,16H2,1-2H3/t17-,18+,24+/m0/s1. The first kappa shape index (κ1) is 19.7. The van der Waals surface area contributed by atoms with Crippen molar-refractivity contribution in [1.29, 1.82) is 0 Å². The lowest BCUT2D eigenvalue weighted by molar-refractivity contribution is 0.183. The van der Waals surface area contributed by atoms with Crippen LogP contribution in [0.25, 0.3) is 21.8 Å². The van der Waals surface area contributed by atoms with Crippen molar-refractivity contribution >= 4 is 21.8 Å². The lowest BCUT2D eigenvalue weighted by Crippen LogP contribution is -2.33. The summed E-state index contributed by atoms with van der Waals surface area (Å²) < 4.78 is 3.55. The van der Waals surface area contributed by atoms with E-state index in [9.17, 15) is 9.59 Å². The Morgan fingerprint density at radius 1 is 0.903 bits per heavy atom. The highest BCUT2D eigenvalue weighted by molar-refractivity contribution is 5.91. The Morgan fingerprint density at radius 3 is 2.39 bits per heavy atom. The number of benzene rings is 1. The van der Waals surface area contributed by atoms with Gasteiger partial charge in [0.05, 0.1) is 28.4 Å². The second-order valence-corrected chi connectivity index (χ2v) is 8.95. The number of fused-ring (bicyclic) bond motifs is 2. The maximum absolute atomic E-state index is 13.4. The quantitative estimate of drug-likeness (QED) is 0.455. The number of rotatable bonds is 3. The summed E-state index contributed by atoms with van der Waals surface area (Å²) in [5, 5.41) is 1.01. The Morgan fingerprint density at radius 2 is 1.61 bits per heavy atom. The maximum Gasteiger partial charge on any atom is 0.260 e. The molecule has 158 valence electrons. The van der Waals surface area contributed by atoms with E-state index in [4.69, 9.17) is 0 Å². The van der Waals surface area contributed by atoms with Crippen LogP contribution in [0.1, 0.15) is 44.7 Å². The zero-order valence-electron chi connectivity index (χ0n) is 18.0. The molecular weight excluding hydrogens is 386 g/mol. The number of hydrogen-bond donors (Lipinski definition) is 0. The van der Waals surface area contributed by atoms with Gasteiger partial charge in [0.25, 0.3) is 11.1 Å². The molecule has 3 aromatic heterocycles. The summed E-state index contributed by atoms with van der Waals surface area (Å²) in [6, 6.07) is 15.6. The third-order valence-corrected chi connectivity index (χ3v) is 7.06. The van der Waals surface area contributed by atoms with E-state index in [2.05, 4.69) is 18.8 Å². The van der Waals surface area contributed by atoms with Crippen molar-refractivity contribution in [3.8, 4) is 0 Å². The molecule has 1 saturated carbocycles. The molecule has 1 aliphatic rings. The second-order valence-electron chi connectivity index (χ2n) is 8.95. The SMILES string of the molecule is C[C@H]1[C@H](n2ccc3nc4ccn(Cc5ccccc5)c(=O)c4cc3c2=O)CCC[C@@H]1C. The molecule has 0 N–H and O–H groups in total. The van der Waals surface area contributed by atoms with E-state index >= 15 is 0 Å². The van der Waals surface area contributed by atoms with Crippen LogP contribution in [-0.2, 0) is 6.54 Å². The van der Waals surface area contributed by atoms with Gasteiger partial charge in [-0.3, -0.25) is 9.59 Å². The molecule has 5 nitrogen and oxygen atoms in total. The van der Waals surface area contributed by atoms with Crippen LogP contribution in [0, 0.1) is 11.8 Å². The van der Waals surface area contributed by atoms with Gasteiger partial charge in [-0.2, -0.15) is 0 Å². The van der Waals surface area contributed by atoms with Crippen LogP contribution in [0.2, 0.25) is 0 Å². The van der Waals surface area contributed by atoms with Crippen molar-refractivity contribution in [3.05, 3.63) is 87.2 Å². The molecule has 1 aromatic carbocycles. The van der Waals surface area contributed by atoms with E-state index < -0.39 is 0 Å². The molecule has 0 spiro atoms. The van der Waals surface area contributed by atoms with Gasteiger partial charge in [-0.1, -0.05) is 57.0 Å². The third-order valence-electron chi connectivity index (χ3n) is 7.06. The van der Waals surface area contributed by atoms with E-state index in [1.807, 2.05) is 53.2 Å². The summed E-state index contributed by atoms with van der Waals surface area (Å²) in [6.45, 7) is 5.00. The van der Waals surface area contributed by atoms with Gasteiger partial charge >= 0.3 is 0 Å². The fraction of sp³-hybridized carbons (Fsp3) is 0.346. The number of pyridine rings is 3. The van der Waals surface area contributed by atoms with Gasteiger partial charge in [-0.25, -0.2) is 4.98 Å². The molecule has 0 aliphatic heterocycles. The average Bonchev–Trinajstić information content (AvgIpc) is 2.78. The lowest BCUT2D eigenvalue weighted by Gasteiger charge is -2.35. The van der Waals surface area contributed by atoms with E-state index in [0.29, 0.717) is 40.2 Å². The summed E-state index contributed by atoms with van der Waals surface area (Å²) in [7, 11) is 0. The fourth-order valence-electron chi connectivity index (χ4n) is 4.99. The number of hydrogen-bond acceptors (Lipinski definition) is 3. The van der Waals surface area contributed by atoms with Gasteiger partial charge in [0.2, 0.25) is 0 Å². The molecule has 31 heavy (non-hydrogen) atoms. The van der Waals surface area contributed by atoms with Crippen molar-refractivity contribution in [2.24, 2.45) is 11.8 Å². The molecule has 5 rings (SSSR count). The number of aromatic nitrogens is 3. The van der Waals surface area contributed by atoms with Crippen LogP contribution >= 0.6 is 0 Å². The van der Waals surface area contributed by atoms with Gasteiger partial charge in [0.15, 0.2) is 0 Å². The normalized spacial score (nSPS) is 21.5. The third kappa shape index (κ3) is 3.48. The van der Waals surface area contributed by atoms with Crippen molar-refractivity contribution in [2.75, 3.05) is 0 Å². The molecule has 0 unspecified atom stereocenters. The Balaban J connectivity index is 1.63. The lowest BCUT2D eigenvalue weighted by atomic mass is 9.78. The molecule has 1 aliphatic carbocycles. The number of nitrogens with zero attached hydrogens (tertiary/aromatic N) is 3. The van der Waals surface area contributed by atoms with Crippen molar-refractivity contribution < 1.29 is 0 Å². The topological polar surface area (TPSA) is 56.9 Å². The van der Waals surface area contributed by atoms with Gasteiger partial charge < -0.3 is 9.13 Å². The largest absolute Gasteiger partial charge is 0.312 e. The molecule has 3 atom stereocenters. The second kappa shape index (κ2) is 7.80. The van der Waals surface area contributed by atoms with E-state index in [1.54, 1.807) is 16.8 Å². The maximum atomic E-state index is 13.4. The highest BCUT2D eigenvalue weighted by Gasteiger charge is 2.29. The smallest absolute Gasteiger partial charge is 0.260 e.